The number of benzene rings is 2. The van der Waals surface area contributed by atoms with E-state index in [1.54, 1.807) is 0 Å². The molecule has 0 spiro atoms. The molecule has 9 heteroatoms. The summed E-state index contributed by atoms with van der Waals surface area (Å²) < 4.78 is 38.9. The normalized spacial score (nSPS) is 11.3. The van der Waals surface area contributed by atoms with Crippen LogP contribution in [0.1, 0.15) is 18.1 Å². The molecule has 4 N–H and O–H groups in total. The van der Waals surface area contributed by atoms with Gasteiger partial charge in [-0.3, -0.25) is 0 Å². The largest absolute Gasteiger partial charge is 0.416 e. The van der Waals surface area contributed by atoms with Crippen molar-refractivity contribution in [3.63, 3.8) is 0 Å². The van der Waals surface area contributed by atoms with Crippen molar-refractivity contribution in [2.24, 2.45) is 0 Å². The Bertz CT molecular complexity index is 992. The van der Waals surface area contributed by atoms with Gasteiger partial charge in [0.05, 0.1) is 16.3 Å². The number of hydrogen-bond acceptors (Lipinski definition) is 5. The highest BCUT2D eigenvalue weighted by atomic mass is 35.5. The van der Waals surface area contributed by atoms with Crippen molar-refractivity contribution in [3.8, 4) is 0 Å². The van der Waals surface area contributed by atoms with Crippen LogP contribution in [0.2, 0.25) is 5.02 Å². The molecule has 0 aliphatic carbocycles. The highest BCUT2D eigenvalue weighted by molar-refractivity contribution is 6.33. The first kappa shape index (κ1) is 19.8. The zero-order valence-electron chi connectivity index (χ0n) is 14.8. The molecule has 0 atom stereocenters. The summed E-state index contributed by atoms with van der Waals surface area (Å²) in [5, 5.41) is 6.01. The van der Waals surface area contributed by atoms with E-state index in [0.29, 0.717) is 5.82 Å². The molecule has 0 bridgehead atoms. The molecule has 0 saturated carbocycles. The second-order valence-electron chi connectivity index (χ2n) is 5.94. The van der Waals surface area contributed by atoms with Gasteiger partial charge in [-0.1, -0.05) is 36.7 Å². The number of nitrogens with one attached hydrogen (secondary N) is 2. The molecule has 0 aliphatic heterocycles. The lowest BCUT2D eigenvalue weighted by molar-refractivity contribution is -0.137. The molecule has 2 aromatic carbocycles. The van der Waals surface area contributed by atoms with E-state index in [-0.39, 0.29) is 22.2 Å². The van der Waals surface area contributed by atoms with E-state index in [1.807, 2.05) is 31.2 Å². The number of hydrogen-bond donors (Lipinski definition) is 3. The third-order valence-electron chi connectivity index (χ3n) is 4.08. The summed E-state index contributed by atoms with van der Waals surface area (Å²) in [6, 6.07) is 10.6. The van der Waals surface area contributed by atoms with Crippen LogP contribution in [-0.4, -0.2) is 9.97 Å². The molecule has 0 aliphatic rings. The van der Waals surface area contributed by atoms with Crippen LogP contribution in [0.5, 0.6) is 0 Å². The van der Waals surface area contributed by atoms with Gasteiger partial charge in [0.1, 0.15) is 12.0 Å². The lowest BCUT2D eigenvalue weighted by Gasteiger charge is -2.16. The molecule has 3 rings (SSSR count). The van der Waals surface area contributed by atoms with Crippen LogP contribution in [0.15, 0.2) is 48.8 Å². The zero-order valence-corrected chi connectivity index (χ0v) is 15.6. The number of aryl methyl sites for hydroxylation is 1. The fraction of sp³-hybridized carbons (Fsp3) is 0.158. The van der Waals surface area contributed by atoms with Gasteiger partial charge in [0.25, 0.3) is 0 Å². The molecule has 0 unspecified atom stereocenters. The Kier molecular flexibility index (Phi) is 5.60. The van der Waals surface area contributed by atoms with Crippen molar-refractivity contribution in [2.45, 2.75) is 19.5 Å². The maximum atomic E-state index is 13.0. The summed E-state index contributed by atoms with van der Waals surface area (Å²) in [7, 11) is 0. The first-order chi connectivity index (χ1) is 13.3. The number of rotatable bonds is 5. The highest BCUT2D eigenvalue weighted by Gasteiger charge is 2.31. The number of halogens is 4. The third-order valence-corrected chi connectivity index (χ3v) is 4.41. The van der Waals surface area contributed by atoms with Gasteiger partial charge in [0.15, 0.2) is 11.6 Å². The maximum Gasteiger partial charge on any atom is 0.416 e. The van der Waals surface area contributed by atoms with Gasteiger partial charge in [-0.2, -0.15) is 13.2 Å². The quantitative estimate of drug-likeness (QED) is 0.499. The number of alkyl halides is 3. The molecule has 28 heavy (non-hydrogen) atoms. The van der Waals surface area contributed by atoms with Crippen LogP contribution in [0, 0.1) is 0 Å². The Labute approximate surface area is 164 Å². The lowest BCUT2D eigenvalue weighted by Crippen LogP contribution is -2.08. The van der Waals surface area contributed by atoms with Gasteiger partial charge >= 0.3 is 6.18 Å². The fourth-order valence-electron chi connectivity index (χ4n) is 2.60. The number of anilines is 5. The van der Waals surface area contributed by atoms with Crippen LogP contribution in [0.25, 0.3) is 0 Å². The minimum Gasteiger partial charge on any atom is -0.393 e. The minimum absolute atomic E-state index is 0.0433. The van der Waals surface area contributed by atoms with Crippen LogP contribution < -0.4 is 16.4 Å². The number of para-hydroxylation sites is 1. The fourth-order valence-corrected chi connectivity index (χ4v) is 2.76. The van der Waals surface area contributed by atoms with Gasteiger partial charge in [0, 0.05) is 5.69 Å². The highest BCUT2D eigenvalue weighted by Crippen LogP contribution is 2.36. The predicted octanol–water partition coefficient (Wildman–Crippen LogP) is 5.78. The van der Waals surface area contributed by atoms with Crippen LogP contribution >= 0.6 is 11.6 Å². The summed E-state index contributed by atoms with van der Waals surface area (Å²) in [6.07, 6.45) is -2.43. The Morgan fingerprint density at radius 1 is 1.00 bits per heavy atom. The second kappa shape index (κ2) is 7.93. The standard InChI is InChI=1S/C19H17ClF3N5/c1-2-11-5-3-4-6-14(11)27-17-16(24)18(26-10-25-17)28-15-9-12(19(21,22)23)7-8-13(15)20/h3-10H,2,24H2,1H3,(H2,25,26,27,28). The number of nitrogen functional groups attached to an aromatic ring is 1. The first-order valence-electron chi connectivity index (χ1n) is 8.38. The van der Waals surface area contributed by atoms with E-state index in [0.717, 1.165) is 29.8 Å². The van der Waals surface area contributed by atoms with Crippen molar-refractivity contribution in [1.82, 2.24) is 9.97 Å². The molecular formula is C19H17ClF3N5. The van der Waals surface area contributed by atoms with Crippen molar-refractivity contribution in [2.75, 3.05) is 16.4 Å². The summed E-state index contributed by atoms with van der Waals surface area (Å²) in [5.74, 6) is 0.481. The van der Waals surface area contributed by atoms with Gasteiger partial charge in [-0.15, -0.1) is 0 Å². The van der Waals surface area contributed by atoms with Gasteiger partial charge in [-0.25, -0.2) is 9.97 Å². The summed E-state index contributed by atoms with van der Waals surface area (Å²) in [5.41, 5.74) is 7.39. The van der Waals surface area contributed by atoms with E-state index >= 15 is 0 Å². The topological polar surface area (TPSA) is 75.9 Å². The number of nitrogens with zero attached hydrogens (tertiary/aromatic N) is 2. The minimum atomic E-state index is -4.49. The monoisotopic (exact) mass is 407 g/mol. The Morgan fingerprint density at radius 2 is 1.64 bits per heavy atom. The number of aromatic nitrogens is 2. The molecule has 1 heterocycles. The van der Waals surface area contributed by atoms with Crippen molar-refractivity contribution >= 4 is 40.3 Å². The third kappa shape index (κ3) is 4.28. The Balaban J connectivity index is 1.92. The van der Waals surface area contributed by atoms with E-state index in [9.17, 15) is 13.2 Å². The van der Waals surface area contributed by atoms with Gasteiger partial charge in [-0.05, 0) is 36.2 Å². The maximum absolute atomic E-state index is 13.0. The first-order valence-corrected chi connectivity index (χ1v) is 8.76. The molecule has 3 aromatic rings. The molecule has 0 radical (unpaired) electrons. The average Bonchev–Trinajstić information content (AvgIpc) is 2.66. The van der Waals surface area contributed by atoms with Crippen LogP contribution in [0.3, 0.4) is 0 Å². The van der Waals surface area contributed by atoms with E-state index in [4.69, 9.17) is 17.3 Å². The predicted molar refractivity (Wildman–Crippen MR) is 105 cm³/mol. The Hall–Kier alpha value is -3.00. The van der Waals surface area contributed by atoms with Crippen LogP contribution in [-0.2, 0) is 12.6 Å². The Morgan fingerprint density at radius 3 is 2.29 bits per heavy atom. The van der Waals surface area contributed by atoms with Crippen molar-refractivity contribution in [1.29, 1.82) is 0 Å². The molecule has 0 fully saturated rings. The van der Waals surface area contributed by atoms with E-state index < -0.39 is 11.7 Å². The van der Waals surface area contributed by atoms with E-state index in [2.05, 4.69) is 20.6 Å². The smallest absolute Gasteiger partial charge is 0.393 e. The lowest BCUT2D eigenvalue weighted by atomic mass is 10.1. The molecule has 0 saturated heterocycles. The molecule has 1 aromatic heterocycles. The summed E-state index contributed by atoms with van der Waals surface area (Å²) in [4.78, 5) is 8.15. The van der Waals surface area contributed by atoms with E-state index in [1.165, 1.54) is 12.4 Å². The summed E-state index contributed by atoms with van der Waals surface area (Å²) in [6.45, 7) is 2.02. The molecule has 0 amide bonds. The van der Waals surface area contributed by atoms with Gasteiger partial charge < -0.3 is 16.4 Å². The molecule has 5 nitrogen and oxygen atoms in total. The zero-order chi connectivity index (χ0) is 20.3. The number of nitrogens with two attached hydrogens (primary N) is 1. The van der Waals surface area contributed by atoms with Crippen LogP contribution in [0.4, 0.5) is 41.9 Å². The second-order valence-corrected chi connectivity index (χ2v) is 6.34. The molecule has 146 valence electrons. The van der Waals surface area contributed by atoms with Crippen molar-refractivity contribution in [3.05, 3.63) is 64.9 Å². The summed E-state index contributed by atoms with van der Waals surface area (Å²) >= 11 is 6.03. The SMILES string of the molecule is CCc1ccccc1Nc1ncnc(Nc2cc(C(F)(F)F)ccc2Cl)c1N. The molecular weight excluding hydrogens is 391 g/mol. The van der Waals surface area contributed by atoms with Crippen molar-refractivity contribution < 1.29 is 13.2 Å². The van der Waals surface area contributed by atoms with Gasteiger partial charge in [0.2, 0.25) is 0 Å². The average molecular weight is 408 g/mol.